The largest absolute Gasteiger partial charge is 0.481 e. The predicted octanol–water partition coefficient (Wildman–Crippen LogP) is 2.54. The van der Waals surface area contributed by atoms with E-state index in [9.17, 15) is 27.7 Å². The van der Waals surface area contributed by atoms with Gasteiger partial charge in [0.25, 0.3) is 5.69 Å². The molecule has 2 aromatic carbocycles. The molecule has 1 atom stereocenters. The zero-order valence-corrected chi connectivity index (χ0v) is 14.4. The van der Waals surface area contributed by atoms with Crippen LogP contribution < -0.4 is 4.72 Å². The molecule has 0 aliphatic rings. The number of halogens is 1. The molecule has 138 valence electrons. The average Bonchev–Trinajstić information content (AvgIpc) is 2.54. The van der Waals surface area contributed by atoms with Gasteiger partial charge in [-0.2, -0.15) is 0 Å². The number of carbonyl (C=O) groups is 1. The van der Waals surface area contributed by atoms with Crippen LogP contribution in [0.1, 0.15) is 23.6 Å². The van der Waals surface area contributed by atoms with Gasteiger partial charge in [0.15, 0.2) is 0 Å². The first-order chi connectivity index (χ1) is 12.1. The third-order valence-electron chi connectivity index (χ3n) is 3.64. The number of benzene rings is 2. The van der Waals surface area contributed by atoms with Gasteiger partial charge in [-0.1, -0.05) is 18.2 Å². The highest BCUT2D eigenvalue weighted by molar-refractivity contribution is 7.89. The van der Waals surface area contributed by atoms with Gasteiger partial charge in [-0.25, -0.2) is 17.5 Å². The maximum absolute atomic E-state index is 13.1. The maximum atomic E-state index is 13.1. The van der Waals surface area contributed by atoms with Crippen LogP contribution in [-0.2, 0) is 14.8 Å². The van der Waals surface area contributed by atoms with E-state index in [1.165, 1.54) is 31.2 Å². The third kappa shape index (κ3) is 4.61. The van der Waals surface area contributed by atoms with Crippen molar-refractivity contribution in [3.05, 3.63) is 69.5 Å². The van der Waals surface area contributed by atoms with E-state index in [4.69, 9.17) is 5.11 Å². The first-order valence-corrected chi connectivity index (χ1v) is 8.83. The van der Waals surface area contributed by atoms with Crippen LogP contribution in [0.25, 0.3) is 0 Å². The molecule has 0 heterocycles. The Morgan fingerprint density at radius 1 is 1.27 bits per heavy atom. The van der Waals surface area contributed by atoms with E-state index in [0.717, 1.165) is 18.2 Å². The lowest BCUT2D eigenvalue weighted by atomic mass is 10.1. The van der Waals surface area contributed by atoms with Crippen LogP contribution >= 0.6 is 0 Å². The van der Waals surface area contributed by atoms with Gasteiger partial charge >= 0.3 is 5.97 Å². The zero-order valence-electron chi connectivity index (χ0n) is 13.5. The molecule has 2 N–H and O–H groups in total. The van der Waals surface area contributed by atoms with Crippen LogP contribution in [0.4, 0.5) is 10.1 Å². The molecule has 8 nitrogen and oxygen atoms in total. The van der Waals surface area contributed by atoms with Crippen molar-refractivity contribution in [3.8, 4) is 0 Å². The van der Waals surface area contributed by atoms with E-state index in [1.54, 1.807) is 0 Å². The van der Waals surface area contributed by atoms with Gasteiger partial charge < -0.3 is 5.11 Å². The summed E-state index contributed by atoms with van der Waals surface area (Å²) in [6.45, 7) is 1.47. The van der Waals surface area contributed by atoms with Gasteiger partial charge in [-0.15, -0.1) is 0 Å². The molecule has 0 spiro atoms. The summed E-state index contributed by atoms with van der Waals surface area (Å²) in [6, 6.07) is 6.90. The molecule has 26 heavy (non-hydrogen) atoms. The van der Waals surface area contributed by atoms with Gasteiger partial charge in [0, 0.05) is 11.6 Å². The van der Waals surface area contributed by atoms with E-state index in [2.05, 4.69) is 4.72 Å². The van der Waals surface area contributed by atoms with Crippen LogP contribution in [0.2, 0.25) is 0 Å². The van der Waals surface area contributed by atoms with E-state index >= 15 is 0 Å². The van der Waals surface area contributed by atoms with E-state index in [0.29, 0.717) is 0 Å². The highest BCUT2D eigenvalue weighted by atomic mass is 32.2. The summed E-state index contributed by atoms with van der Waals surface area (Å²) < 4.78 is 40.4. The molecule has 0 aliphatic carbocycles. The normalized spacial score (nSPS) is 12.5. The van der Waals surface area contributed by atoms with Crippen molar-refractivity contribution < 1.29 is 27.6 Å². The number of hydrogen-bond donors (Lipinski definition) is 2. The molecule has 2 rings (SSSR count). The summed E-state index contributed by atoms with van der Waals surface area (Å²) in [5, 5.41) is 20.0. The number of sulfonamides is 1. The van der Waals surface area contributed by atoms with E-state index in [-0.39, 0.29) is 21.7 Å². The molecule has 0 aromatic heterocycles. The van der Waals surface area contributed by atoms with Crippen LogP contribution in [0.5, 0.6) is 0 Å². The third-order valence-corrected chi connectivity index (χ3v) is 5.11. The summed E-state index contributed by atoms with van der Waals surface area (Å²) in [4.78, 5) is 21.0. The Balaban J connectivity index is 2.40. The Kier molecular flexibility index (Phi) is 5.68. The van der Waals surface area contributed by atoms with Gasteiger partial charge in [0.05, 0.1) is 22.3 Å². The highest BCUT2D eigenvalue weighted by Crippen LogP contribution is 2.25. The summed E-state index contributed by atoms with van der Waals surface area (Å²) in [7, 11) is -4.25. The Morgan fingerprint density at radius 2 is 1.88 bits per heavy atom. The Hall–Kier alpha value is -2.85. The summed E-state index contributed by atoms with van der Waals surface area (Å²) in [5.41, 5.74) is 0.165. The summed E-state index contributed by atoms with van der Waals surface area (Å²) in [6.07, 6.45) is -0.585. The van der Waals surface area contributed by atoms with Gasteiger partial charge in [0.1, 0.15) is 5.82 Å². The van der Waals surface area contributed by atoms with Crippen molar-refractivity contribution in [2.75, 3.05) is 0 Å². The lowest BCUT2D eigenvalue weighted by Gasteiger charge is -2.17. The minimum Gasteiger partial charge on any atom is -0.481 e. The number of nitro groups is 1. The number of aliphatic carboxylic acids is 1. The number of nitrogens with one attached hydrogen (secondary N) is 1. The van der Waals surface area contributed by atoms with Gasteiger partial charge in [0.2, 0.25) is 10.0 Å². The molecule has 2 aromatic rings. The Morgan fingerprint density at radius 3 is 2.42 bits per heavy atom. The molecule has 10 heteroatoms. The topological polar surface area (TPSA) is 127 Å². The number of nitrogens with zero attached hydrogens (tertiary/aromatic N) is 1. The van der Waals surface area contributed by atoms with Crippen LogP contribution in [0.15, 0.2) is 47.4 Å². The fourth-order valence-corrected chi connectivity index (χ4v) is 3.55. The lowest BCUT2D eigenvalue weighted by Crippen LogP contribution is -2.30. The molecule has 0 bridgehead atoms. The van der Waals surface area contributed by atoms with Crippen molar-refractivity contribution in [2.24, 2.45) is 0 Å². The molecule has 0 saturated carbocycles. The maximum Gasteiger partial charge on any atom is 0.305 e. The zero-order chi connectivity index (χ0) is 19.5. The molecule has 1 unspecified atom stereocenters. The van der Waals surface area contributed by atoms with Gasteiger partial charge in [-0.3, -0.25) is 14.9 Å². The highest BCUT2D eigenvalue weighted by Gasteiger charge is 2.25. The number of rotatable bonds is 7. The quantitative estimate of drug-likeness (QED) is 0.560. The fraction of sp³-hybridized carbons (Fsp3) is 0.188. The van der Waals surface area contributed by atoms with Crippen LogP contribution in [0.3, 0.4) is 0 Å². The van der Waals surface area contributed by atoms with Gasteiger partial charge in [-0.05, 0) is 30.7 Å². The standard InChI is InChI=1S/C16H15FN2O6S/c1-10-2-7-13(8-15(10)19(22)23)26(24,25)18-14(9-16(20)21)11-3-5-12(17)6-4-11/h2-8,14,18H,9H2,1H3,(H,20,21). The lowest BCUT2D eigenvalue weighted by molar-refractivity contribution is -0.385. The van der Waals surface area contributed by atoms with Crippen molar-refractivity contribution >= 4 is 21.7 Å². The number of aryl methyl sites for hydroxylation is 1. The van der Waals surface area contributed by atoms with Crippen LogP contribution in [0, 0.1) is 22.9 Å². The minimum atomic E-state index is -4.25. The smallest absolute Gasteiger partial charge is 0.305 e. The molecule has 0 radical (unpaired) electrons. The van der Waals surface area contributed by atoms with Crippen molar-refractivity contribution in [3.63, 3.8) is 0 Å². The van der Waals surface area contributed by atoms with Crippen molar-refractivity contribution in [2.45, 2.75) is 24.3 Å². The predicted molar refractivity (Wildman–Crippen MR) is 89.5 cm³/mol. The first kappa shape index (κ1) is 19.5. The number of carboxylic acids is 1. The fourth-order valence-electron chi connectivity index (χ4n) is 2.31. The first-order valence-electron chi connectivity index (χ1n) is 7.35. The van der Waals surface area contributed by atoms with Crippen molar-refractivity contribution in [1.82, 2.24) is 4.72 Å². The molecular weight excluding hydrogens is 367 g/mol. The molecule has 0 amide bonds. The summed E-state index contributed by atoms with van der Waals surface area (Å²) >= 11 is 0. The second-order valence-electron chi connectivity index (χ2n) is 5.53. The number of nitro benzene ring substituents is 1. The molecule has 0 aliphatic heterocycles. The van der Waals surface area contributed by atoms with E-state index < -0.39 is 39.2 Å². The average molecular weight is 382 g/mol. The molecular formula is C16H15FN2O6S. The number of carboxylic acid groups (broad SMARTS) is 1. The minimum absolute atomic E-state index is 0.249. The Bertz CT molecular complexity index is 944. The van der Waals surface area contributed by atoms with Crippen LogP contribution in [-0.4, -0.2) is 24.4 Å². The molecule has 0 fully saturated rings. The number of hydrogen-bond acceptors (Lipinski definition) is 5. The Labute approximate surface area is 148 Å². The molecule has 0 saturated heterocycles. The van der Waals surface area contributed by atoms with E-state index in [1.807, 2.05) is 0 Å². The van der Waals surface area contributed by atoms with Crippen molar-refractivity contribution in [1.29, 1.82) is 0 Å². The SMILES string of the molecule is Cc1ccc(S(=O)(=O)NC(CC(=O)O)c2ccc(F)cc2)cc1[N+](=O)[O-]. The second kappa shape index (κ2) is 7.58. The second-order valence-corrected chi connectivity index (χ2v) is 7.24. The summed E-state index contributed by atoms with van der Waals surface area (Å²) in [5.74, 6) is -1.82. The monoisotopic (exact) mass is 382 g/mol.